The monoisotopic (exact) mass is 352 g/mol. The van der Waals surface area contributed by atoms with Crippen molar-refractivity contribution in [1.82, 2.24) is 19.9 Å². The molecule has 1 amide bonds. The summed E-state index contributed by atoms with van der Waals surface area (Å²) in [5, 5.41) is 0. The van der Waals surface area contributed by atoms with Gasteiger partial charge < -0.3 is 9.88 Å². The molecule has 5 nitrogen and oxygen atoms in total. The Morgan fingerprint density at radius 1 is 1.40 bits per heavy atom. The first-order valence-corrected chi connectivity index (χ1v) is 8.24. The number of nitrogens with zero attached hydrogens (tertiary/aromatic N) is 3. The molecule has 2 aromatic heterocycles. The van der Waals surface area contributed by atoms with Crippen molar-refractivity contribution in [3.63, 3.8) is 0 Å². The number of imidazole rings is 1. The molecule has 1 saturated heterocycles. The van der Waals surface area contributed by atoms with Crippen LogP contribution < -0.4 is 0 Å². The summed E-state index contributed by atoms with van der Waals surface area (Å²) < 4.78 is 38.2. The average Bonchev–Trinajstić information content (AvgIpc) is 3.12. The molecule has 1 N–H and O–H groups in total. The molecule has 1 aliphatic heterocycles. The summed E-state index contributed by atoms with van der Waals surface area (Å²) in [5.41, 5.74) is 0.619. The van der Waals surface area contributed by atoms with E-state index in [1.54, 1.807) is 23.4 Å². The number of halogens is 3. The number of nitrogens with one attached hydrogen (secondary N) is 1. The van der Waals surface area contributed by atoms with Crippen LogP contribution in [0.4, 0.5) is 13.2 Å². The summed E-state index contributed by atoms with van der Waals surface area (Å²) in [6.07, 6.45) is 1.75. The SMILES string of the molecule is CCc1cnccc1C(=O)N1CCCC(c2ncc(C(F)(F)F)[nH]2)C1. The van der Waals surface area contributed by atoms with Crippen LogP contribution in [-0.2, 0) is 12.6 Å². The van der Waals surface area contributed by atoms with Gasteiger partial charge in [0.25, 0.3) is 5.91 Å². The van der Waals surface area contributed by atoms with Gasteiger partial charge in [0.2, 0.25) is 0 Å². The lowest BCUT2D eigenvalue weighted by molar-refractivity contribution is -0.141. The number of pyridine rings is 1. The molecule has 0 aliphatic carbocycles. The third-order valence-electron chi connectivity index (χ3n) is 4.51. The van der Waals surface area contributed by atoms with Crippen LogP contribution >= 0.6 is 0 Å². The highest BCUT2D eigenvalue weighted by molar-refractivity contribution is 5.95. The highest BCUT2D eigenvalue weighted by Crippen LogP contribution is 2.31. The van der Waals surface area contributed by atoms with Crippen LogP contribution in [-0.4, -0.2) is 38.8 Å². The minimum Gasteiger partial charge on any atom is -0.338 e. The fraction of sp³-hybridized carbons (Fsp3) is 0.471. The molecule has 1 aliphatic rings. The molecule has 0 aromatic carbocycles. The molecule has 25 heavy (non-hydrogen) atoms. The molecule has 1 unspecified atom stereocenters. The van der Waals surface area contributed by atoms with Crippen LogP contribution in [0.3, 0.4) is 0 Å². The number of H-pyrrole nitrogens is 1. The predicted octanol–water partition coefficient (Wildman–Crippen LogP) is 3.41. The van der Waals surface area contributed by atoms with Gasteiger partial charge >= 0.3 is 6.18 Å². The van der Waals surface area contributed by atoms with E-state index in [4.69, 9.17) is 0 Å². The summed E-state index contributed by atoms with van der Waals surface area (Å²) in [5.74, 6) is -0.0393. The van der Waals surface area contributed by atoms with Crippen molar-refractivity contribution in [1.29, 1.82) is 0 Å². The van der Waals surface area contributed by atoms with Crippen LogP contribution in [0.2, 0.25) is 0 Å². The first kappa shape index (κ1) is 17.4. The Bertz CT molecular complexity index is 756. The number of amides is 1. The number of piperidine rings is 1. The second-order valence-electron chi connectivity index (χ2n) is 6.16. The Labute approximate surface area is 143 Å². The maximum atomic E-state index is 12.8. The third kappa shape index (κ3) is 3.67. The molecule has 3 rings (SSSR count). The Morgan fingerprint density at radius 3 is 2.88 bits per heavy atom. The van der Waals surface area contributed by atoms with Crippen LogP contribution in [0, 0.1) is 0 Å². The van der Waals surface area contributed by atoms with E-state index in [0.29, 0.717) is 31.5 Å². The van der Waals surface area contributed by atoms with E-state index in [2.05, 4.69) is 15.0 Å². The zero-order chi connectivity index (χ0) is 18.0. The number of carbonyl (C=O) groups excluding carboxylic acids is 1. The quantitative estimate of drug-likeness (QED) is 0.921. The normalized spacial score (nSPS) is 18.4. The molecule has 0 bridgehead atoms. The van der Waals surface area contributed by atoms with Gasteiger partial charge in [-0.05, 0) is 30.9 Å². The standard InChI is InChI=1S/C17H19F3N4O/c1-2-11-8-21-6-5-13(11)16(25)24-7-3-4-12(10-24)15-22-9-14(23-15)17(18,19)20/h5-6,8-9,12H,2-4,7,10H2,1H3,(H,22,23). The zero-order valence-corrected chi connectivity index (χ0v) is 13.8. The maximum Gasteiger partial charge on any atom is 0.432 e. The Hall–Kier alpha value is -2.38. The van der Waals surface area contributed by atoms with Gasteiger partial charge in [-0.25, -0.2) is 4.98 Å². The van der Waals surface area contributed by atoms with Crippen LogP contribution in [0.25, 0.3) is 0 Å². The zero-order valence-electron chi connectivity index (χ0n) is 13.8. The van der Waals surface area contributed by atoms with Crippen molar-refractivity contribution in [2.75, 3.05) is 13.1 Å². The lowest BCUT2D eigenvalue weighted by Crippen LogP contribution is -2.39. The number of likely N-dealkylation sites (tertiary alicyclic amines) is 1. The van der Waals surface area contributed by atoms with Crippen molar-refractivity contribution >= 4 is 5.91 Å². The van der Waals surface area contributed by atoms with Crippen LogP contribution in [0.1, 0.15) is 53.1 Å². The van der Waals surface area contributed by atoms with Crippen molar-refractivity contribution in [2.45, 2.75) is 38.3 Å². The number of rotatable bonds is 3. The molecule has 1 fully saturated rings. The predicted molar refractivity (Wildman–Crippen MR) is 85.1 cm³/mol. The molecular weight excluding hydrogens is 333 g/mol. The smallest absolute Gasteiger partial charge is 0.338 e. The molecule has 0 spiro atoms. The Balaban J connectivity index is 1.77. The highest BCUT2D eigenvalue weighted by Gasteiger charge is 2.35. The van der Waals surface area contributed by atoms with Gasteiger partial charge in [-0.3, -0.25) is 9.78 Å². The summed E-state index contributed by atoms with van der Waals surface area (Å²) >= 11 is 0. The summed E-state index contributed by atoms with van der Waals surface area (Å²) in [4.78, 5) is 24.8. The van der Waals surface area contributed by atoms with Gasteiger partial charge in [0.15, 0.2) is 0 Å². The van der Waals surface area contributed by atoms with Crippen molar-refractivity contribution in [3.8, 4) is 0 Å². The molecule has 1 atom stereocenters. The summed E-state index contributed by atoms with van der Waals surface area (Å²) in [7, 11) is 0. The van der Waals surface area contributed by atoms with E-state index in [0.717, 1.165) is 18.2 Å². The van der Waals surface area contributed by atoms with Crippen molar-refractivity contribution in [3.05, 3.63) is 47.3 Å². The first-order valence-electron chi connectivity index (χ1n) is 8.24. The highest BCUT2D eigenvalue weighted by atomic mass is 19.4. The van der Waals surface area contributed by atoms with Gasteiger partial charge in [-0.1, -0.05) is 6.92 Å². The molecule has 8 heteroatoms. The van der Waals surface area contributed by atoms with Crippen molar-refractivity contribution in [2.24, 2.45) is 0 Å². The van der Waals surface area contributed by atoms with Crippen LogP contribution in [0.5, 0.6) is 0 Å². The topological polar surface area (TPSA) is 61.9 Å². The van der Waals surface area contributed by atoms with E-state index in [9.17, 15) is 18.0 Å². The van der Waals surface area contributed by atoms with Crippen molar-refractivity contribution < 1.29 is 18.0 Å². The van der Waals surface area contributed by atoms with E-state index in [1.165, 1.54) is 0 Å². The molecular formula is C17H19F3N4O. The number of aromatic amines is 1. The largest absolute Gasteiger partial charge is 0.432 e. The van der Waals surface area contributed by atoms with E-state index in [-0.39, 0.29) is 17.6 Å². The average molecular weight is 352 g/mol. The summed E-state index contributed by atoms with van der Waals surface area (Å²) in [6, 6.07) is 1.69. The molecule has 0 radical (unpaired) electrons. The van der Waals surface area contributed by atoms with Gasteiger partial charge in [-0.2, -0.15) is 13.2 Å². The summed E-state index contributed by atoms with van der Waals surface area (Å²) in [6.45, 7) is 2.90. The van der Waals surface area contributed by atoms with Crippen LogP contribution in [0.15, 0.2) is 24.7 Å². The third-order valence-corrected chi connectivity index (χ3v) is 4.51. The fourth-order valence-corrected chi connectivity index (χ4v) is 3.16. The van der Waals surface area contributed by atoms with Gasteiger partial charge in [0, 0.05) is 37.0 Å². The maximum absolute atomic E-state index is 12.8. The molecule has 3 heterocycles. The number of alkyl halides is 3. The second kappa shape index (κ2) is 6.85. The number of carbonyl (C=O) groups is 1. The minimum absolute atomic E-state index is 0.105. The van der Waals surface area contributed by atoms with E-state index < -0.39 is 11.9 Å². The molecule has 134 valence electrons. The van der Waals surface area contributed by atoms with Gasteiger partial charge in [-0.15, -0.1) is 0 Å². The lowest BCUT2D eigenvalue weighted by atomic mass is 9.96. The fourth-order valence-electron chi connectivity index (χ4n) is 3.16. The lowest BCUT2D eigenvalue weighted by Gasteiger charge is -2.32. The molecule has 0 saturated carbocycles. The number of hydrogen-bond acceptors (Lipinski definition) is 3. The minimum atomic E-state index is -4.44. The number of aromatic nitrogens is 3. The van der Waals surface area contributed by atoms with Gasteiger partial charge in [0.1, 0.15) is 11.5 Å². The Kier molecular flexibility index (Phi) is 4.78. The van der Waals surface area contributed by atoms with Gasteiger partial charge in [0.05, 0.1) is 6.20 Å². The number of hydrogen-bond donors (Lipinski definition) is 1. The Morgan fingerprint density at radius 2 is 2.20 bits per heavy atom. The van der Waals surface area contributed by atoms with E-state index in [1.807, 2.05) is 6.92 Å². The van der Waals surface area contributed by atoms with E-state index >= 15 is 0 Å². The molecule has 2 aromatic rings. The first-order chi connectivity index (χ1) is 11.9. The number of aryl methyl sites for hydroxylation is 1. The second-order valence-corrected chi connectivity index (χ2v) is 6.16.